The van der Waals surface area contributed by atoms with Crippen molar-refractivity contribution in [2.45, 2.75) is 64.1 Å². The Balaban J connectivity index is 1.56. The van der Waals surface area contributed by atoms with Gasteiger partial charge in [-0.05, 0) is 68.1 Å². The van der Waals surface area contributed by atoms with Gasteiger partial charge in [0.05, 0.1) is 12.1 Å². The third-order valence-corrected chi connectivity index (χ3v) is 7.11. The highest BCUT2D eigenvalue weighted by Crippen LogP contribution is 2.32. The molecule has 0 radical (unpaired) electrons. The number of benzene rings is 2. The fraction of sp³-hybridized carbons (Fsp3) is 0.464. The van der Waals surface area contributed by atoms with Gasteiger partial charge in [-0.1, -0.05) is 23.8 Å². The summed E-state index contributed by atoms with van der Waals surface area (Å²) in [4.78, 5) is 44.0. The first-order valence-electron chi connectivity index (χ1n) is 13.1. The number of hydrogen-bond donors (Lipinski definition) is 1. The maximum absolute atomic E-state index is 13.8. The molecule has 40 heavy (non-hydrogen) atoms. The van der Waals surface area contributed by atoms with Gasteiger partial charge in [-0.25, -0.2) is 9.18 Å². The maximum Gasteiger partial charge on any atom is 0.416 e. The molecular formula is C28H32F4N4O4. The predicted molar refractivity (Wildman–Crippen MR) is 137 cm³/mol. The lowest BCUT2D eigenvalue weighted by Gasteiger charge is -2.52. The zero-order chi connectivity index (χ0) is 29.0. The summed E-state index contributed by atoms with van der Waals surface area (Å²) in [5.74, 6) is -1.04. The van der Waals surface area contributed by atoms with Crippen LogP contribution < -0.4 is 5.73 Å². The first-order valence-corrected chi connectivity index (χ1v) is 13.1. The van der Waals surface area contributed by atoms with Crippen LogP contribution in [0, 0.1) is 12.7 Å². The van der Waals surface area contributed by atoms with Crippen LogP contribution in [0.25, 0.3) is 0 Å². The highest BCUT2D eigenvalue weighted by Gasteiger charge is 2.48. The Hall–Kier alpha value is -3.67. The SMILES string of the molecule is Cc1cc(COC(=O)N2CCC(=O)N3C2CN(Cc2cccc(F)c2)C(=O)[C@@H]3CCCCN)cc(C(F)(F)F)c1. The van der Waals surface area contributed by atoms with E-state index < -0.39 is 42.5 Å². The zero-order valence-corrected chi connectivity index (χ0v) is 22.1. The molecule has 0 spiro atoms. The van der Waals surface area contributed by atoms with Crippen molar-refractivity contribution in [3.8, 4) is 0 Å². The van der Waals surface area contributed by atoms with E-state index in [1.165, 1.54) is 45.9 Å². The number of fused-ring (bicyclic) bond motifs is 1. The van der Waals surface area contributed by atoms with Gasteiger partial charge in [0.25, 0.3) is 0 Å². The van der Waals surface area contributed by atoms with Gasteiger partial charge in [0.15, 0.2) is 0 Å². The standard InChI is InChI=1S/C28H32F4N4O4/c1-18-11-20(13-21(12-18)28(30,31)32)17-40-27(39)35-10-8-25(37)36-23(7-2-3-9-33)26(38)34(16-24(35)36)15-19-5-4-6-22(29)14-19/h4-6,11-14,23-24H,2-3,7-10,15-17,33H2,1H3/t23-,24?/m0/s1. The Labute approximate surface area is 229 Å². The number of hydrogen-bond acceptors (Lipinski definition) is 5. The predicted octanol–water partition coefficient (Wildman–Crippen LogP) is 4.19. The molecule has 1 unspecified atom stereocenters. The summed E-state index contributed by atoms with van der Waals surface area (Å²) in [6.45, 7) is 1.62. The lowest BCUT2D eigenvalue weighted by atomic mass is 9.98. The van der Waals surface area contributed by atoms with Gasteiger partial charge < -0.3 is 20.3 Å². The van der Waals surface area contributed by atoms with Crippen molar-refractivity contribution in [2.75, 3.05) is 19.6 Å². The van der Waals surface area contributed by atoms with Gasteiger partial charge in [0, 0.05) is 19.5 Å². The zero-order valence-electron chi connectivity index (χ0n) is 22.1. The monoisotopic (exact) mass is 564 g/mol. The number of halogens is 4. The molecule has 2 fully saturated rings. The lowest BCUT2D eigenvalue weighted by Crippen LogP contribution is -2.71. The van der Waals surface area contributed by atoms with Gasteiger partial charge in [-0.3, -0.25) is 14.5 Å². The molecule has 4 rings (SSSR count). The molecule has 3 amide bonds. The third kappa shape index (κ3) is 6.72. The van der Waals surface area contributed by atoms with E-state index in [9.17, 15) is 31.9 Å². The summed E-state index contributed by atoms with van der Waals surface area (Å²) in [6.07, 6.45) is -4.66. The average Bonchev–Trinajstić information content (AvgIpc) is 2.89. The second-order valence-electron chi connectivity index (χ2n) is 10.1. The molecule has 216 valence electrons. The van der Waals surface area contributed by atoms with Crippen molar-refractivity contribution < 1.29 is 36.7 Å². The summed E-state index contributed by atoms with van der Waals surface area (Å²) in [6, 6.07) is 8.43. The van der Waals surface area contributed by atoms with E-state index in [-0.39, 0.29) is 43.4 Å². The van der Waals surface area contributed by atoms with Crippen molar-refractivity contribution in [3.63, 3.8) is 0 Å². The van der Waals surface area contributed by atoms with Crippen molar-refractivity contribution in [1.29, 1.82) is 0 Å². The molecule has 8 nitrogen and oxygen atoms in total. The third-order valence-electron chi connectivity index (χ3n) is 7.11. The van der Waals surface area contributed by atoms with Crippen LogP contribution in [0.5, 0.6) is 0 Å². The Bertz CT molecular complexity index is 1260. The molecule has 2 N–H and O–H groups in total. The molecule has 0 aliphatic carbocycles. The molecule has 2 aromatic carbocycles. The van der Waals surface area contributed by atoms with E-state index >= 15 is 0 Å². The Morgan fingerprint density at radius 3 is 2.58 bits per heavy atom. The highest BCUT2D eigenvalue weighted by atomic mass is 19.4. The summed E-state index contributed by atoms with van der Waals surface area (Å²) in [5, 5.41) is 0. The Morgan fingerprint density at radius 1 is 1.10 bits per heavy atom. The smallest absolute Gasteiger partial charge is 0.416 e. The van der Waals surface area contributed by atoms with Crippen LogP contribution in [-0.2, 0) is 33.7 Å². The molecule has 2 saturated heterocycles. The largest absolute Gasteiger partial charge is 0.444 e. The summed E-state index contributed by atoms with van der Waals surface area (Å²) < 4.78 is 59.0. The molecule has 2 aliphatic heterocycles. The molecule has 12 heteroatoms. The van der Waals surface area contributed by atoms with Gasteiger partial charge in [-0.2, -0.15) is 13.2 Å². The molecule has 2 aliphatic rings. The van der Waals surface area contributed by atoms with Crippen LogP contribution >= 0.6 is 0 Å². The van der Waals surface area contributed by atoms with Gasteiger partial charge in [0.2, 0.25) is 11.8 Å². The first-order chi connectivity index (χ1) is 19.0. The second-order valence-corrected chi connectivity index (χ2v) is 10.1. The molecule has 2 heterocycles. The number of carbonyl (C=O) groups is 3. The minimum absolute atomic E-state index is 0.0216. The van der Waals surface area contributed by atoms with Crippen molar-refractivity contribution in [1.82, 2.24) is 14.7 Å². The number of amides is 3. The quantitative estimate of drug-likeness (QED) is 0.383. The topological polar surface area (TPSA) is 96.2 Å². The number of carbonyl (C=O) groups excluding carboxylic acids is 3. The van der Waals surface area contributed by atoms with E-state index in [4.69, 9.17) is 10.5 Å². The summed E-state index contributed by atoms with van der Waals surface area (Å²) >= 11 is 0. The van der Waals surface area contributed by atoms with Crippen LogP contribution in [-0.4, -0.2) is 64.4 Å². The number of nitrogens with zero attached hydrogens (tertiary/aromatic N) is 3. The normalized spacial score (nSPS) is 19.6. The van der Waals surface area contributed by atoms with E-state index in [2.05, 4.69) is 0 Å². The molecule has 0 aromatic heterocycles. The molecular weight excluding hydrogens is 532 g/mol. The molecule has 2 aromatic rings. The van der Waals surface area contributed by atoms with Crippen molar-refractivity contribution >= 4 is 17.9 Å². The number of unbranched alkanes of at least 4 members (excludes halogenated alkanes) is 1. The van der Waals surface area contributed by atoms with Crippen molar-refractivity contribution in [3.05, 3.63) is 70.5 Å². The van der Waals surface area contributed by atoms with Gasteiger partial charge >= 0.3 is 12.3 Å². The first kappa shape index (κ1) is 29.3. The van der Waals surface area contributed by atoms with E-state index in [1.54, 1.807) is 6.07 Å². The number of aryl methyl sites for hydroxylation is 1. The minimum atomic E-state index is -4.54. The maximum atomic E-state index is 13.8. The van der Waals surface area contributed by atoms with Crippen LogP contribution in [0.2, 0.25) is 0 Å². The molecule has 0 saturated carbocycles. The van der Waals surface area contributed by atoms with Crippen LogP contribution in [0.3, 0.4) is 0 Å². The fourth-order valence-electron chi connectivity index (χ4n) is 5.29. The summed E-state index contributed by atoms with van der Waals surface area (Å²) in [5.41, 5.74) is 5.89. The molecule has 2 atom stereocenters. The molecule has 0 bridgehead atoms. The lowest BCUT2D eigenvalue weighted by molar-refractivity contribution is -0.169. The Morgan fingerprint density at radius 2 is 1.88 bits per heavy atom. The fourth-order valence-corrected chi connectivity index (χ4v) is 5.29. The van der Waals surface area contributed by atoms with E-state index in [1.807, 2.05) is 0 Å². The second kappa shape index (κ2) is 12.2. The summed E-state index contributed by atoms with van der Waals surface area (Å²) in [7, 11) is 0. The van der Waals surface area contributed by atoms with Crippen LogP contribution in [0.1, 0.15) is 47.9 Å². The van der Waals surface area contributed by atoms with E-state index in [0.29, 0.717) is 36.9 Å². The van der Waals surface area contributed by atoms with Crippen LogP contribution in [0.15, 0.2) is 42.5 Å². The number of alkyl halides is 3. The number of piperazine rings is 1. The number of nitrogens with two attached hydrogens (primary N) is 1. The average molecular weight is 565 g/mol. The Kier molecular flexibility index (Phi) is 8.97. The number of rotatable bonds is 8. The van der Waals surface area contributed by atoms with Gasteiger partial charge in [-0.15, -0.1) is 0 Å². The van der Waals surface area contributed by atoms with E-state index in [0.717, 1.165) is 12.1 Å². The van der Waals surface area contributed by atoms with Crippen LogP contribution in [0.4, 0.5) is 22.4 Å². The van der Waals surface area contributed by atoms with Gasteiger partial charge in [0.1, 0.15) is 24.6 Å². The van der Waals surface area contributed by atoms with Crippen molar-refractivity contribution in [2.24, 2.45) is 5.73 Å². The highest BCUT2D eigenvalue weighted by molar-refractivity contribution is 5.90. The minimum Gasteiger partial charge on any atom is -0.444 e. The number of ether oxygens (including phenoxy) is 1.